The van der Waals surface area contributed by atoms with E-state index in [0.717, 1.165) is 5.56 Å². The molecule has 1 aromatic carbocycles. The molecule has 0 saturated heterocycles. The molecule has 0 aliphatic heterocycles. The van der Waals surface area contributed by atoms with Crippen LogP contribution in [0.4, 0.5) is 4.79 Å². The molecule has 0 spiro atoms. The third-order valence-corrected chi connectivity index (χ3v) is 4.27. The van der Waals surface area contributed by atoms with Gasteiger partial charge in [0.25, 0.3) is 5.91 Å². The second kappa shape index (κ2) is 12.0. The Hall–Kier alpha value is -3.10. The normalized spacial score (nSPS) is 12.8. The zero-order valence-corrected chi connectivity index (χ0v) is 22.4. The van der Waals surface area contributed by atoms with Crippen LogP contribution in [-0.2, 0) is 30.3 Å². The summed E-state index contributed by atoms with van der Waals surface area (Å²) in [7, 11) is 0. The Bertz CT molecular complexity index is 888. The van der Waals surface area contributed by atoms with E-state index in [-0.39, 0.29) is 12.8 Å². The molecule has 9 heteroatoms. The first-order chi connectivity index (χ1) is 15.8. The maximum absolute atomic E-state index is 12.8. The summed E-state index contributed by atoms with van der Waals surface area (Å²) in [6.45, 7) is 16.0. The Morgan fingerprint density at radius 2 is 1.37 bits per heavy atom. The fraction of sp³-hybridized carbons (Fsp3) is 0.615. The largest absolute Gasteiger partial charge is 0.460 e. The molecule has 9 nitrogen and oxygen atoms in total. The third kappa shape index (κ3) is 13.4. The Morgan fingerprint density at radius 3 is 1.86 bits per heavy atom. The molecule has 0 fully saturated rings. The van der Waals surface area contributed by atoms with E-state index < -0.39 is 46.6 Å². The van der Waals surface area contributed by atoms with Crippen molar-refractivity contribution < 1.29 is 33.5 Å². The van der Waals surface area contributed by atoms with Crippen molar-refractivity contribution in [2.45, 2.75) is 98.3 Å². The second-order valence-electron chi connectivity index (χ2n) is 11.5. The van der Waals surface area contributed by atoms with Crippen LogP contribution in [0.2, 0.25) is 0 Å². The van der Waals surface area contributed by atoms with Crippen LogP contribution in [-0.4, -0.2) is 40.7 Å². The average Bonchev–Trinajstić information content (AvgIpc) is 2.66. The number of amides is 2. The second-order valence-corrected chi connectivity index (χ2v) is 11.5. The topological polar surface area (TPSA) is 120 Å². The van der Waals surface area contributed by atoms with E-state index >= 15 is 0 Å². The van der Waals surface area contributed by atoms with Crippen LogP contribution in [0.5, 0.6) is 0 Å². The molecular formula is C26H40N2O7. The number of ether oxygens (including phenoxy) is 2. The molecule has 196 valence electrons. The summed E-state index contributed by atoms with van der Waals surface area (Å²) >= 11 is 0. The van der Waals surface area contributed by atoms with E-state index in [1.54, 1.807) is 86.6 Å². The number of hydroxylamine groups is 1. The highest BCUT2D eigenvalue weighted by Gasteiger charge is 2.27. The fourth-order valence-electron chi connectivity index (χ4n) is 2.88. The Balaban J connectivity index is 2.81. The van der Waals surface area contributed by atoms with Crippen molar-refractivity contribution in [3.05, 3.63) is 35.4 Å². The van der Waals surface area contributed by atoms with Gasteiger partial charge in [-0.05, 0) is 92.9 Å². The number of carbonyl (C=O) groups excluding carboxylic acids is 4. The van der Waals surface area contributed by atoms with Gasteiger partial charge in [-0.15, -0.1) is 0 Å². The van der Waals surface area contributed by atoms with E-state index in [2.05, 4.69) is 10.8 Å². The highest BCUT2D eigenvalue weighted by Crippen LogP contribution is 2.21. The van der Waals surface area contributed by atoms with Crippen LogP contribution in [0.25, 0.3) is 0 Å². The predicted octanol–water partition coefficient (Wildman–Crippen LogP) is 4.48. The van der Waals surface area contributed by atoms with Crippen LogP contribution in [0.3, 0.4) is 0 Å². The van der Waals surface area contributed by atoms with Crippen molar-refractivity contribution in [3.8, 4) is 0 Å². The van der Waals surface area contributed by atoms with Crippen molar-refractivity contribution >= 4 is 23.9 Å². The number of hydrogen-bond acceptors (Lipinski definition) is 7. The van der Waals surface area contributed by atoms with Gasteiger partial charge in [-0.3, -0.25) is 9.59 Å². The molecule has 2 N–H and O–H groups in total. The number of benzene rings is 1. The molecule has 0 aliphatic carbocycles. The molecule has 0 aliphatic rings. The summed E-state index contributed by atoms with van der Waals surface area (Å²) in [5.74, 6) is -2.02. The molecule has 0 heterocycles. The van der Waals surface area contributed by atoms with Gasteiger partial charge in [0.15, 0.2) is 0 Å². The molecule has 1 unspecified atom stereocenters. The monoisotopic (exact) mass is 492 g/mol. The minimum Gasteiger partial charge on any atom is -0.460 e. The SMILES string of the molecule is CC(C)(C)NC(=O)ONC(=O)CCC(Cc1ccc(C(=O)OC(C)(C)C)cc1)C(=O)OC(C)(C)C. The van der Waals surface area contributed by atoms with Gasteiger partial charge in [0.1, 0.15) is 11.2 Å². The molecule has 0 radical (unpaired) electrons. The van der Waals surface area contributed by atoms with E-state index in [0.29, 0.717) is 12.0 Å². The van der Waals surface area contributed by atoms with Gasteiger partial charge in [0.05, 0.1) is 11.5 Å². The van der Waals surface area contributed by atoms with Gasteiger partial charge in [-0.1, -0.05) is 12.1 Å². The number of rotatable bonds is 7. The molecular weight excluding hydrogens is 452 g/mol. The lowest BCUT2D eigenvalue weighted by atomic mass is 9.94. The Morgan fingerprint density at radius 1 is 0.829 bits per heavy atom. The lowest BCUT2D eigenvalue weighted by molar-refractivity contribution is -0.160. The van der Waals surface area contributed by atoms with Crippen molar-refractivity contribution in [2.24, 2.45) is 5.92 Å². The zero-order valence-electron chi connectivity index (χ0n) is 22.4. The summed E-state index contributed by atoms with van der Waals surface area (Å²) < 4.78 is 10.9. The Labute approximate surface area is 208 Å². The lowest BCUT2D eigenvalue weighted by Gasteiger charge is -2.24. The zero-order chi connectivity index (χ0) is 27.0. The standard InChI is InChI=1S/C26H40N2O7/c1-24(2,3)27-23(32)35-28-20(29)15-14-19(22(31)34-26(7,8)9)16-17-10-12-18(13-11-17)21(30)33-25(4,5)6/h10-13,19H,14-16H2,1-9H3,(H,27,32)(H,28,29). The molecule has 1 aromatic rings. The molecule has 0 bridgehead atoms. The van der Waals surface area contributed by atoms with E-state index in [4.69, 9.17) is 14.3 Å². The number of carbonyl (C=O) groups is 4. The first-order valence-electron chi connectivity index (χ1n) is 11.7. The van der Waals surface area contributed by atoms with Crippen LogP contribution >= 0.6 is 0 Å². The van der Waals surface area contributed by atoms with Gasteiger partial charge >= 0.3 is 18.0 Å². The highest BCUT2D eigenvalue weighted by molar-refractivity contribution is 5.89. The molecule has 0 aromatic heterocycles. The maximum Gasteiger partial charge on any atom is 0.431 e. The van der Waals surface area contributed by atoms with Crippen molar-refractivity contribution in [2.75, 3.05) is 0 Å². The van der Waals surface area contributed by atoms with E-state index in [1.807, 2.05) is 0 Å². The van der Waals surface area contributed by atoms with Crippen molar-refractivity contribution in [1.82, 2.24) is 10.8 Å². The van der Waals surface area contributed by atoms with Gasteiger partial charge in [0.2, 0.25) is 0 Å². The number of hydrogen-bond donors (Lipinski definition) is 2. The molecule has 2 amide bonds. The molecule has 35 heavy (non-hydrogen) atoms. The smallest absolute Gasteiger partial charge is 0.431 e. The summed E-state index contributed by atoms with van der Waals surface area (Å²) in [4.78, 5) is 53.7. The predicted molar refractivity (Wildman–Crippen MR) is 131 cm³/mol. The highest BCUT2D eigenvalue weighted by atomic mass is 16.7. The van der Waals surface area contributed by atoms with E-state index in [1.165, 1.54) is 0 Å². The molecule has 0 saturated carbocycles. The first kappa shape index (κ1) is 29.9. The van der Waals surface area contributed by atoms with Crippen LogP contribution < -0.4 is 10.8 Å². The summed E-state index contributed by atoms with van der Waals surface area (Å²) in [5.41, 5.74) is 1.50. The van der Waals surface area contributed by atoms with Gasteiger partial charge in [0, 0.05) is 12.0 Å². The summed E-state index contributed by atoms with van der Waals surface area (Å²) in [5, 5.41) is 2.56. The third-order valence-electron chi connectivity index (χ3n) is 4.27. The fourth-order valence-corrected chi connectivity index (χ4v) is 2.88. The minimum absolute atomic E-state index is 0.0529. The number of esters is 2. The van der Waals surface area contributed by atoms with Crippen molar-refractivity contribution in [3.63, 3.8) is 0 Å². The molecule has 1 rings (SSSR count). The van der Waals surface area contributed by atoms with Gasteiger partial charge in [-0.25, -0.2) is 9.59 Å². The van der Waals surface area contributed by atoms with E-state index in [9.17, 15) is 19.2 Å². The minimum atomic E-state index is -0.778. The summed E-state index contributed by atoms with van der Waals surface area (Å²) in [6.07, 6.45) is -0.344. The molecule has 1 atom stereocenters. The Kier molecular flexibility index (Phi) is 10.3. The summed E-state index contributed by atoms with van der Waals surface area (Å²) in [6, 6.07) is 6.78. The number of nitrogens with one attached hydrogen (secondary N) is 2. The average molecular weight is 493 g/mol. The van der Waals surface area contributed by atoms with Crippen LogP contribution in [0.1, 0.15) is 91.1 Å². The maximum atomic E-state index is 12.8. The van der Waals surface area contributed by atoms with Crippen molar-refractivity contribution in [1.29, 1.82) is 0 Å². The van der Waals surface area contributed by atoms with Gasteiger partial charge < -0.3 is 19.6 Å². The lowest BCUT2D eigenvalue weighted by Crippen LogP contribution is -2.43. The van der Waals surface area contributed by atoms with Crippen LogP contribution in [0, 0.1) is 5.92 Å². The quantitative estimate of drug-likeness (QED) is 0.327. The van der Waals surface area contributed by atoms with Gasteiger partial charge in [-0.2, -0.15) is 5.48 Å². The van der Waals surface area contributed by atoms with Crippen LogP contribution in [0.15, 0.2) is 24.3 Å². The first-order valence-corrected chi connectivity index (χ1v) is 11.7.